The van der Waals surface area contributed by atoms with E-state index in [9.17, 15) is 0 Å². The van der Waals surface area contributed by atoms with Gasteiger partial charge in [-0.25, -0.2) is 0 Å². The summed E-state index contributed by atoms with van der Waals surface area (Å²) in [5.74, 6) is 0. The first-order valence-corrected chi connectivity index (χ1v) is 4.49. The van der Waals surface area contributed by atoms with Gasteiger partial charge in [0.1, 0.15) is 0 Å². The summed E-state index contributed by atoms with van der Waals surface area (Å²) in [5, 5.41) is 0. The summed E-state index contributed by atoms with van der Waals surface area (Å²) in [6, 6.07) is 0. The average molecular weight is 145 g/mol. The second-order valence-corrected chi connectivity index (χ2v) is 2.41. The van der Waals surface area contributed by atoms with Gasteiger partial charge in [0.25, 0.3) is 0 Å². The van der Waals surface area contributed by atoms with Crippen molar-refractivity contribution in [3.63, 3.8) is 0 Å². The van der Waals surface area contributed by atoms with Gasteiger partial charge in [0, 0.05) is 0 Å². The Morgan fingerprint density at radius 1 is 0.700 bits per heavy atom. The van der Waals surface area contributed by atoms with Crippen LogP contribution in [0, 0.1) is 0 Å². The smallest absolute Gasteiger partial charge is 0.0195 e. The van der Waals surface area contributed by atoms with Crippen molar-refractivity contribution in [2.45, 2.75) is 52.4 Å². The van der Waals surface area contributed by atoms with Crippen LogP contribution in [0.2, 0.25) is 0 Å². The molecule has 0 aromatic heterocycles. The van der Waals surface area contributed by atoms with Crippen LogP contribution in [-0.4, -0.2) is 7.05 Å². The van der Waals surface area contributed by atoms with Crippen molar-refractivity contribution in [1.82, 2.24) is 0 Å². The molecule has 0 aliphatic rings. The third-order valence-corrected chi connectivity index (χ3v) is 1.46. The van der Waals surface area contributed by atoms with Crippen molar-refractivity contribution in [3.8, 4) is 0 Å². The van der Waals surface area contributed by atoms with Crippen LogP contribution in [-0.2, 0) is 0 Å². The molecule has 0 aliphatic carbocycles. The van der Waals surface area contributed by atoms with E-state index >= 15 is 0 Å². The fraction of sp³-hybridized carbons (Fsp3) is 1.00. The number of unbranched alkanes of at least 4 members (excludes halogenated alkanes) is 5. The monoisotopic (exact) mass is 145 g/mol. The number of rotatable bonds is 5. The molecule has 1 nitrogen and oxygen atoms in total. The first-order valence-electron chi connectivity index (χ1n) is 4.49. The Bertz CT molecular complexity index is 29.7. The standard InChI is InChI=1S/C8H18.CH5N/c1-3-5-7-8-6-4-2;1-2/h3-8H2,1-2H3;2H2,1H3. The first-order chi connectivity index (χ1) is 4.91. The van der Waals surface area contributed by atoms with Gasteiger partial charge < -0.3 is 5.73 Å². The normalized spacial score (nSPS) is 8.40. The van der Waals surface area contributed by atoms with Crippen LogP contribution in [0.4, 0.5) is 0 Å². The lowest BCUT2D eigenvalue weighted by Gasteiger charge is -1.93. The van der Waals surface area contributed by atoms with Crippen LogP contribution in [0.3, 0.4) is 0 Å². The summed E-state index contributed by atoms with van der Waals surface area (Å²) in [6.07, 6.45) is 8.49. The lowest BCUT2D eigenvalue weighted by molar-refractivity contribution is 0.624. The minimum atomic E-state index is 1.36. The Labute approximate surface area is 66.0 Å². The molecular weight excluding hydrogens is 122 g/mol. The number of hydrogen-bond donors (Lipinski definition) is 1. The summed E-state index contributed by atoms with van der Waals surface area (Å²) in [4.78, 5) is 0. The molecule has 64 valence electrons. The number of hydrogen-bond acceptors (Lipinski definition) is 1. The Balaban J connectivity index is 0. The predicted molar refractivity (Wildman–Crippen MR) is 49.2 cm³/mol. The van der Waals surface area contributed by atoms with E-state index in [0.29, 0.717) is 0 Å². The summed E-state index contributed by atoms with van der Waals surface area (Å²) in [7, 11) is 1.50. The van der Waals surface area contributed by atoms with Gasteiger partial charge in [0.15, 0.2) is 0 Å². The van der Waals surface area contributed by atoms with Crippen molar-refractivity contribution in [2.75, 3.05) is 7.05 Å². The van der Waals surface area contributed by atoms with Crippen LogP contribution < -0.4 is 5.73 Å². The van der Waals surface area contributed by atoms with Gasteiger partial charge in [-0.15, -0.1) is 0 Å². The average Bonchev–Trinajstić information content (AvgIpc) is 2.02. The van der Waals surface area contributed by atoms with Gasteiger partial charge in [-0.3, -0.25) is 0 Å². The maximum Gasteiger partial charge on any atom is -0.0195 e. The molecule has 0 saturated heterocycles. The molecule has 0 aromatic carbocycles. The Kier molecular flexibility index (Phi) is 20.2. The molecule has 0 heterocycles. The molecule has 0 aliphatic heterocycles. The van der Waals surface area contributed by atoms with Crippen LogP contribution in [0.25, 0.3) is 0 Å². The molecule has 0 radical (unpaired) electrons. The maximum atomic E-state index is 4.50. The fourth-order valence-electron chi connectivity index (χ4n) is 0.854. The summed E-state index contributed by atoms with van der Waals surface area (Å²) >= 11 is 0. The van der Waals surface area contributed by atoms with E-state index in [1.165, 1.54) is 45.6 Å². The molecule has 0 bridgehead atoms. The molecule has 0 rings (SSSR count). The van der Waals surface area contributed by atoms with E-state index in [2.05, 4.69) is 19.6 Å². The highest BCUT2D eigenvalue weighted by Crippen LogP contribution is 2.03. The highest BCUT2D eigenvalue weighted by molar-refractivity contribution is 4.39. The van der Waals surface area contributed by atoms with Crippen molar-refractivity contribution in [2.24, 2.45) is 5.73 Å². The highest BCUT2D eigenvalue weighted by atomic mass is 14.4. The molecule has 0 amide bonds. The molecule has 0 saturated carbocycles. The zero-order valence-electron chi connectivity index (χ0n) is 7.82. The molecule has 0 aromatic rings. The topological polar surface area (TPSA) is 26.0 Å². The van der Waals surface area contributed by atoms with E-state index in [0.717, 1.165) is 0 Å². The highest BCUT2D eigenvalue weighted by Gasteiger charge is 1.83. The van der Waals surface area contributed by atoms with Crippen LogP contribution >= 0.6 is 0 Å². The zero-order chi connectivity index (χ0) is 8.24. The minimum Gasteiger partial charge on any atom is -0.333 e. The van der Waals surface area contributed by atoms with Crippen molar-refractivity contribution in [1.29, 1.82) is 0 Å². The van der Waals surface area contributed by atoms with Gasteiger partial charge in [0.2, 0.25) is 0 Å². The SMILES string of the molecule is CCCCCCCC.CN. The Morgan fingerprint density at radius 2 is 1.00 bits per heavy atom. The first kappa shape index (κ1) is 12.6. The molecule has 2 N–H and O–H groups in total. The molecule has 10 heavy (non-hydrogen) atoms. The van der Waals surface area contributed by atoms with Gasteiger partial charge in [0.05, 0.1) is 0 Å². The molecule has 1 heteroatoms. The minimum absolute atomic E-state index is 1.36. The van der Waals surface area contributed by atoms with Crippen LogP contribution in [0.5, 0.6) is 0 Å². The second kappa shape index (κ2) is 16.0. The summed E-state index contributed by atoms with van der Waals surface area (Å²) in [6.45, 7) is 4.51. The second-order valence-electron chi connectivity index (χ2n) is 2.41. The van der Waals surface area contributed by atoms with Crippen molar-refractivity contribution >= 4 is 0 Å². The van der Waals surface area contributed by atoms with Crippen molar-refractivity contribution in [3.05, 3.63) is 0 Å². The molecule has 0 fully saturated rings. The summed E-state index contributed by atoms with van der Waals surface area (Å²) < 4.78 is 0. The fourth-order valence-corrected chi connectivity index (χ4v) is 0.854. The molecular formula is C9H23N. The van der Waals surface area contributed by atoms with Crippen LogP contribution in [0.15, 0.2) is 0 Å². The van der Waals surface area contributed by atoms with Gasteiger partial charge in [-0.05, 0) is 7.05 Å². The quantitative estimate of drug-likeness (QED) is 0.591. The Hall–Kier alpha value is -0.0400. The maximum absolute atomic E-state index is 4.50. The molecule has 0 unspecified atom stereocenters. The lowest BCUT2D eigenvalue weighted by atomic mass is 10.1. The largest absolute Gasteiger partial charge is 0.333 e. The van der Waals surface area contributed by atoms with E-state index in [1.54, 1.807) is 0 Å². The molecule has 0 spiro atoms. The van der Waals surface area contributed by atoms with Crippen molar-refractivity contribution < 1.29 is 0 Å². The summed E-state index contributed by atoms with van der Waals surface area (Å²) in [5.41, 5.74) is 4.50. The van der Waals surface area contributed by atoms with E-state index in [-0.39, 0.29) is 0 Å². The van der Waals surface area contributed by atoms with E-state index < -0.39 is 0 Å². The van der Waals surface area contributed by atoms with Gasteiger partial charge in [-0.1, -0.05) is 52.4 Å². The molecule has 0 atom stereocenters. The van der Waals surface area contributed by atoms with Gasteiger partial charge in [-0.2, -0.15) is 0 Å². The van der Waals surface area contributed by atoms with Crippen LogP contribution in [0.1, 0.15) is 52.4 Å². The number of nitrogens with two attached hydrogens (primary N) is 1. The van der Waals surface area contributed by atoms with E-state index in [4.69, 9.17) is 0 Å². The third-order valence-electron chi connectivity index (χ3n) is 1.46. The third kappa shape index (κ3) is 15.7. The Morgan fingerprint density at radius 3 is 1.20 bits per heavy atom. The van der Waals surface area contributed by atoms with Gasteiger partial charge >= 0.3 is 0 Å². The lowest BCUT2D eigenvalue weighted by Crippen LogP contribution is -1.73. The zero-order valence-corrected chi connectivity index (χ0v) is 7.82. The predicted octanol–water partition coefficient (Wildman–Crippen LogP) is 2.94. The van der Waals surface area contributed by atoms with E-state index in [1.807, 2.05) is 0 Å².